The number of rotatable bonds is 6. The van der Waals surface area contributed by atoms with Gasteiger partial charge in [0.15, 0.2) is 0 Å². The normalized spacial score (nSPS) is 14.3. The van der Waals surface area contributed by atoms with Crippen LogP contribution in [0.1, 0.15) is 16.2 Å². The third kappa shape index (κ3) is 4.91. The molecule has 1 fully saturated rings. The minimum atomic E-state index is -0.249. The number of piperazine rings is 1. The molecule has 2 heterocycles. The van der Waals surface area contributed by atoms with Crippen LogP contribution in [0, 0.1) is 12.7 Å². The van der Waals surface area contributed by atoms with Gasteiger partial charge in [0.05, 0.1) is 6.61 Å². The molecule has 8 heteroatoms. The number of aromatic nitrogens is 2. The highest BCUT2D eigenvalue weighted by Gasteiger charge is 2.24. The fourth-order valence-corrected chi connectivity index (χ4v) is 3.00. The zero-order valence-corrected chi connectivity index (χ0v) is 15.6. The lowest BCUT2D eigenvalue weighted by Crippen LogP contribution is -2.49. The van der Waals surface area contributed by atoms with Gasteiger partial charge in [0.1, 0.15) is 11.5 Å². The Labute approximate surface area is 158 Å². The summed E-state index contributed by atoms with van der Waals surface area (Å²) in [5, 5.41) is 3.06. The van der Waals surface area contributed by atoms with Crippen molar-refractivity contribution in [2.45, 2.75) is 6.92 Å². The first-order valence-electron chi connectivity index (χ1n) is 8.95. The van der Waals surface area contributed by atoms with Crippen molar-refractivity contribution in [3.05, 3.63) is 47.5 Å². The number of nitrogens with zero attached hydrogens (tertiary/aromatic N) is 4. The van der Waals surface area contributed by atoms with Crippen LogP contribution < -0.4 is 10.2 Å². The second kappa shape index (κ2) is 8.77. The van der Waals surface area contributed by atoms with Crippen LogP contribution in [0.3, 0.4) is 0 Å². The summed E-state index contributed by atoms with van der Waals surface area (Å²) in [6.45, 7) is 5.51. The maximum atomic E-state index is 13.1. The zero-order chi connectivity index (χ0) is 19.2. The van der Waals surface area contributed by atoms with Gasteiger partial charge in [-0.1, -0.05) is 0 Å². The molecule has 0 spiro atoms. The highest BCUT2D eigenvalue weighted by Crippen LogP contribution is 2.18. The molecule has 1 N–H and O–H groups in total. The lowest BCUT2D eigenvalue weighted by atomic mass is 10.2. The Hall–Kier alpha value is -2.74. The molecule has 1 aromatic heterocycles. The fourth-order valence-electron chi connectivity index (χ4n) is 3.00. The fraction of sp³-hybridized carbons (Fsp3) is 0.421. The number of carbonyl (C=O) groups is 1. The number of aryl methyl sites for hydroxylation is 1. The van der Waals surface area contributed by atoms with Crippen LogP contribution in [0.5, 0.6) is 0 Å². The molecule has 1 aliphatic rings. The molecule has 144 valence electrons. The Morgan fingerprint density at radius 2 is 1.89 bits per heavy atom. The predicted octanol–water partition coefficient (Wildman–Crippen LogP) is 1.94. The quantitative estimate of drug-likeness (QED) is 0.781. The Morgan fingerprint density at radius 3 is 2.56 bits per heavy atom. The van der Waals surface area contributed by atoms with Gasteiger partial charge in [0.25, 0.3) is 5.91 Å². The van der Waals surface area contributed by atoms with Crippen molar-refractivity contribution in [2.75, 3.05) is 56.7 Å². The number of amides is 1. The number of methoxy groups -OCH3 is 1. The zero-order valence-electron chi connectivity index (χ0n) is 15.6. The summed E-state index contributed by atoms with van der Waals surface area (Å²) >= 11 is 0. The standard InChI is InChI=1S/C19H24FN5O2/c1-14-13-17(23-19(22-14)21-7-12-27-2)18(26)25-10-8-24(9-11-25)16-5-3-15(20)4-6-16/h3-6,13H,7-12H2,1-2H3,(H,21,22,23). The van der Waals surface area contributed by atoms with E-state index in [1.54, 1.807) is 30.2 Å². The first-order valence-corrected chi connectivity index (χ1v) is 8.95. The van der Waals surface area contributed by atoms with Gasteiger partial charge in [-0.3, -0.25) is 4.79 Å². The van der Waals surface area contributed by atoms with Crippen LogP contribution in [0.4, 0.5) is 16.0 Å². The number of carbonyl (C=O) groups excluding carboxylic acids is 1. The lowest BCUT2D eigenvalue weighted by molar-refractivity contribution is 0.0740. The van der Waals surface area contributed by atoms with E-state index < -0.39 is 0 Å². The highest BCUT2D eigenvalue weighted by molar-refractivity contribution is 5.92. The SMILES string of the molecule is COCCNc1nc(C)cc(C(=O)N2CCN(c3ccc(F)cc3)CC2)n1. The van der Waals surface area contributed by atoms with Gasteiger partial charge in [-0.15, -0.1) is 0 Å². The average molecular weight is 373 g/mol. The summed E-state index contributed by atoms with van der Waals surface area (Å²) in [6, 6.07) is 8.14. The van der Waals surface area contributed by atoms with Crippen molar-refractivity contribution >= 4 is 17.5 Å². The van der Waals surface area contributed by atoms with E-state index >= 15 is 0 Å². The molecular weight excluding hydrogens is 349 g/mol. The van der Waals surface area contributed by atoms with E-state index in [-0.39, 0.29) is 11.7 Å². The first-order chi connectivity index (χ1) is 13.1. The summed E-state index contributed by atoms with van der Waals surface area (Å²) in [7, 11) is 1.62. The van der Waals surface area contributed by atoms with Crippen LogP contribution in [0.15, 0.2) is 30.3 Å². The van der Waals surface area contributed by atoms with Gasteiger partial charge in [-0.2, -0.15) is 0 Å². The van der Waals surface area contributed by atoms with Crippen LogP contribution in [0.2, 0.25) is 0 Å². The molecule has 3 rings (SSSR count). The molecule has 7 nitrogen and oxygen atoms in total. The Morgan fingerprint density at radius 1 is 1.19 bits per heavy atom. The Balaban J connectivity index is 1.62. The number of hydrogen-bond donors (Lipinski definition) is 1. The summed E-state index contributed by atoms with van der Waals surface area (Å²) in [5.41, 5.74) is 2.09. The smallest absolute Gasteiger partial charge is 0.272 e. The van der Waals surface area contributed by atoms with E-state index in [9.17, 15) is 9.18 Å². The van der Waals surface area contributed by atoms with Gasteiger partial charge in [0.2, 0.25) is 5.95 Å². The minimum Gasteiger partial charge on any atom is -0.383 e. The Bertz CT molecular complexity index is 776. The maximum Gasteiger partial charge on any atom is 0.272 e. The topological polar surface area (TPSA) is 70.6 Å². The predicted molar refractivity (Wildman–Crippen MR) is 102 cm³/mol. The third-order valence-corrected chi connectivity index (χ3v) is 4.42. The summed E-state index contributed by atoms with van der Waals surface area (Å²) in [5.74, 6) is 0.0796. The summed E-state index contributed by atoms with van der Waals surface area (Å²) in [6.07, 6.45) is 0. The summed E-state index contributed by atoms with van der Waals surface area (Å²) in [4.78, 5) is 25.4. The minimum absolute atomic E-state index is 0.103. The van der Waals surface area contributed by atoms with Gasteiger partial charge < -0.3 is 19.9 Å². The van der Waals surface area contributed by atoms with E-state index in [1.165, 1.54) is 12.1 Å². The van der Waals surface area contributed by atoms with Crippen molar-refractivity contribution < 1.29 is 13.9 Å². The van der Waals surface area contributed by atoms with E-state index in [0.29, 0.717) is 51.0 Å². The maximum absolute atomic E-state index is 13.1. The van der Waals surface area contributed by atoms with Gasteiger partial charge in [-0.05, 0) is 37.3 Å². The molecule has 1 saturated heterocycles. The largest absolute Gasteiger partial charge is 0.383 e. The summed E-state index contributed by atoms with van der Waals surface area (Å²) < 4.78 is 18.1. The van der Waals surface area contributed by atoms with Crippen molar-refractivity contribution in [3.63, 3.8) is 0 Å². The monoisotopic (exact) mass is 373 g/mol. The van der Waals surface area contributed by atoms with Gasteiger partial charge in [0, 0.05) is 51.2 Å². The molecule has 0 unspecified atom stereocenters. The van der Waals surface area contributed by atoms with Crippen LogP contribution in [-0.4, -0.2) is 67.2 Å². The average Bonchev–Trinajstić information content (AvgIpc) is 2.68. The molecule has 0 aliphatic carbocycles. The third-order valence-electron chi connectivity index (χ3n) is 4.42. The number of ether oxygens (including phenoxy) is 1. The second-order valence-corrected chi connectivity index (χ2v) is 6.39. The van der Waals surface area contributed by atoms with Crippen molar-refractivity contribution in [1.82, 2.24) is 14.9 Å². The number of halogens is 1. The first kappa shape index (κ1) is 19.0. The second-order valence-electron chi connectivity index (χ2n) is 6.39. The molecule has 27 heavy (non-hydrogen) atoms. The van der Waals surface area contributed by atoms with Crippen molar-refractivity contribution in [3.8, 4) is 0 Å². The Kier molecular flexibility index (Phi) is 6.18. The molecule has 0 saturated carbocycles. The molecule has 2 aromatic rings. The van der Waals surface area contributed by atoms with Crippen molar-refractivity contribution in [2.24, 2.45) is 0 Å². The molecule has 0 bridgehead atoms. The van der Waals surface area contributed by atoms with Gasteiger partial charge >= 0.3 is 0 Å². The molecular formula is C19H24FN5O2. The lowest BCUT2D eigenvalue weighted by Gasteiger charge is -2.36. The number of hydrogen-bond acceptors (Lipinski definition) is 6. The van der Waals surface area contributed by atoms with Crippen molar-refractivity contribution in [1.29, 1.82) is 0 Å². The molecule has 0 atom stereocenters. The van der Waals surface area contributed by atoms with E-state index in [4.69, 9.17) is 4.74 Å². The molecule has 1 aromatic carbocycles. The number of anilines is 2. The molecule has 1 aliphatic heterocycles. The van der Waals surface area contributed by atoms with Gasteiger partial charge in [-0.25, -0.2) is 14.4 Å². The van der Waals surface area contributed by atoms with Crippen LogP contribution in [0.25, 0.3) is 0 Å². The number of benzene rings is 1. The van der Waals surface area contributed by atoms with Crippen LogP contribution in [-0.2, 0) is 4.74 Å². The molecule has 0 radical (unpaired) electrons. The van der Waals surface area contributed by atoms with E-state index in [0.717, 1.165) is 11.4 Å². The number of nitrogens with one attached hydrogen (secondary N) is 1. The molecule has 1 amide bonds. The highest BCUT2D eigenvalue weighted by atomic mass is 19.1. The van der Waals surface area contributed by atoms with E-state index in [1.807, 2.05) is 6.92 Å². The van der Waals surface area contributed by atoms with E-state index in [2.05, 4.69) is 20.2 Å². The van der Waals surface area contributed by atoms with Crippen LogP contribution >= 0.6 is 0 Å².